The van der Waals surface area contributed by atoms with Gasteiger partial charge in [0.25, 0.3) is 0 Å². The molecule has 0 N–H and O–H groups in total. The maximum atomic E-state index is 12.2. The first-order valence-corrected chi connectivity index (χ1v) is 5.44. The fraction of sp³-hybridized carbons (Fsp3) is 0.727. The molecule has 16 heavy (non-hydrogen) atoms. The summed E-state index contributed by atoms with van der Waals surface area (Å²) in [6.07, 6.45) is 1.52. The Morgan fingerprint density at radius 1 is 1.44 bits per heavy atom. The average molecular weight is 235 g/mol. The van der Waals surface area contributed by atoms with Crippen LogP contribution in [0.15, 0.2) is 12.2 Å². The SMILES string of the molecule is CCN(CC(F)(F)F)C(=O)[C@@H]1CC=CCC1. The van der Waals surface area contributed by atoms with Gasteiger partial charge in [0.05, 0.1) is 0 Å². The Kier molecular flexibility index (Phi) is 4.38. The first-order chi connectivity index (χ1) is 7.44. The van der Waals surface area contributed by atoms with E-state index in [1.165, 1.54) is 0 Å². The highest BCUT2D eigenvalue weighted by Gasteiger charge is 2.34. The zero-order valence-corrected chi connectivity index (χ0v) is 9.26. The monoisotopic (exact) mass is 235 g/mol. The number of rotatable bonds is 3. The quantitative estimate of drug-likeness (QED) is 0.689. The van der Waals surface area contributed by atoms with E-state index in [1.54, 1.807) is 6.92 Å². The first kappa shape index (κ1) is 13.1. The van der Waals surface area contributed by atoms with Crippen LogP contribution in [0.5, 0.6) is 0 Å². The largest absolute Gasteiger partial charge is 0.406 e. The maximum absolute atomic E-state index is 12.2. The van der Waals surface area contributed by atoms with Crippen LogP contribution in [-0.4, -0.2) is 30.1 Å². The van der Waals surface area contributed by atoms with Gasteiger partial charge in [0.2, 0.25) is 5.91 Å². The van der Waals surface area contributed by atoms with Crippen LogP contribution in [0.25, 0.3) is 0 Å². The predicted molar refractivity (Wildman–Crippen MR) is 54.8 cm³/mol. The number of hydrogen-bond donors (Lipinski definition) is 0. The third kappa shape index (κ3) is 3.87. The van der Waals surface area contributed by atoms with Gasteiger partial charge in [-0.05, 0) is 26.2 Å². The third-order valence-corrected chi connectivity index (χ3v) is 2.68. The van der Waals surface area contributed by atoms with Crippen LogP contribution in [0.3, 0.4) is 0 Å². The zero-order valence-electron chi connectivity index (χ0n) is 9.26. The Bertz CT molecular complexity index is 273. The molecule has 92 valence electrons. The van der Waals surface area contributed by atoms with Crippen LogP contribution in [0.2, 0.25) is 0 Å². The second kappa shape index (κ2) is 5.37. The molecule has 0 fully saturated rings. The molecule has 0 radical (unpaired) electrons. The van der Waals surface area contributed by atoms with Crippen molar-refractivity contribution in [3.63, 3.8) is 0 Å². The summed E-state index contributed by atoms with van der Waals surface area (Å²) in [5.74, 6) is -0.642. The second-order valence-electron chi connectivity index (χ2n) is 3.95. The van der Waals surface area contributed by atoms with Gasteiger partial charge < -0.3 is 4.90 Å². The third-order valence-electron chi connectivity index (χ3n) is 2.68. The lowest BCUT2D eigenvalue weighted by Crippen LogP contribution is -2.42. The maximum Gasteiger partial charge on any atom is 0.406 e. The molecule has 1 atom stereocenters. The van der Waals surface area contributed by atoms with Gasteiger partial charge in [-0.3, -0.25) is 4.79 Å². The molecule has 1 rings (SSSR count). The van der Waals surface area contributed by atoms with E-state index < -0.39 is 12.7 Å². The summed E-state index contributed by atoms with van der Waals surface area (Å²) in [5, 5.41) is 0. The minimum absolute atomic E-state index is 0.110. The summed E-state index contributed by atoms with van der Waals surface area (Å²) in [7, 11) is 0. The second-order valence-corrected chi connectivity index (χ2v) is 3.95. The van der Waals surface area contributed by atoms with Crippen molar-refractivity contribution in [3.05, 3.63) is 12.2 Å². The first-order valence-electron chi connectivity index (χ1n) is 5.44. The van der Waals surface area contributed by atoms with Gasteiger partial charge in [0.15, 0.2) is 0 Å². The fourth-order valence-corrected chi connectivity index (χ4v) is 1.84. The summed E-state index contributed by atoms with van der Waals surface area (Å²) >= 11 is 0. The molecule has 5 heteroatoms. The molecule has 1 aliphatic carbocycles. The summed E-state index contributed by atoms with van der Waals surface area (Å²) in [6.45, 7) is 0.545. The summed E-state index contributed by atoms with van der Waals surface area (Å²) in [5.41, 5.74) is 0. The van der Waals surface area contributed by atoms with E-state index in [0.717, 1.165) is 11.3 Å². The number of carbonyl (C=O) groups excluding carboxylic acids is 1. The molecule has 0 spiro atoms. The van der Waals surface area contributed by atoms with E-state index in [2.05, 4.69) is 0 Å². The standard InChI is InChI=1S/C11H16F3NO/c1-2-15(8-11(12,13)14)10(16)9-6-4-3-5-7-9/h3-4,9H,2,5-8H2,1H3/t9-/m1/s1. The zero-order chi connectivity index (χ0) is 12.2. The van der Waals surface area contributed by atoms with Crippen molar-refractivity contribution >= 4 is 5.91 Å². The van der Waals surface area contributed by atoms with Crippen molar-refractivity contribution in [1.29, 1.82) is 0 Å². The van der Waals surface area contributed by atoms with Crippen LogP contribution in [0.1, 0.15) is 26.2 Å². The molecule has 0 aromatic heterocycles. The lowest BCUT2D eigenvalue weighted by atomic mass is 9.93. The molecule has 0 bridgehead atoms. The van der Waals surface area contributed by atoms with Crippen molar-refractivity contribution < 1.29 is 18.0 Å². The number of amides is 1. The van der Waals surface area contributed by atoms with Crippen LogP contribution >= 0.6 is 0 Å². The van der Waals surface area contributed by atoms with Crippen molar-refractivity contribution in [2.45, 2.75) is 32.4 Å². The molecular weight excluding hydrogens is 219 g/mol. The van der Waals surface area contributed by atoms with Gasteiger partial charge in [-0.15, -0.1) is 0 Å². The highest BCUT2D eigenvalue weighted by atomic mass is 19.4. The van der Waals surface area contributed by atoms with Crippen LogP contribution in [-0.2, 0) is 4.79 Å². The number of halogens is 3. The van der Waals surface area contributed by atoms with Gasteiger partial charge in [-0.2, -0.15) is 13.2 Å². The van der Waals surface area contributed by atoms with Crippen LogP contribution in [0, 0.1) is 5.92 Å². The molecule has 0 saturated carbocycles. The van der Waals surface area contributed by atoms with E-state index in [1.807, 2.05) is 12.2 Å². The van der Waals surface area contributed by atoms with E-state index in [4.69, 9.17) is 0 Å². The number of carbonyl (C=O) groups is 1. The molecule has 0 aromatic carbocycles. The van der Waals surface area contributed by atoms with Crippen LogP contribution < -0.4 is 0 Å². The summed E-state index contributed by atoms with van der Waals surface area (Å²) < 4.78 is 36.6. The van der Waals surface area contributed by atoms with Crippen LogP contribution in [0.4, 0.5) is 13.2 Å². The minimum atomic E-state index is -4.31. The number of alkyl halides is 3. The van der Waals surface area contributed by atoms with E-state index in [9.17, 15) is 18.0 Å². The molecule has 0 aromatic rings. The van der Waals surface area contributed by atoms with Crippen molar-refractivity contribution in [2.24, 2.45) is 5.92 Å². The summed E-state index contributed by atoms with van der Waals surface area (Å²) in [4.78, 5) is 12.7. The molecule has 1 amide bonds. The molecular formula is C11H16F3NO. The Labute approximate surface area is 93.1 Å². The van der Waals surface area contributed by atoms with E-state index >= 15 is 0 Å². The Morgan fingerprint density at radius 3 is 2.56 bits per heavy atom. The number of hydrogen-bond acceptors (Lipinski definition) is 1. The lowest BCUT2D eigenvalue weighted by molar-refractivity contribution is -0.163. The average Bonchev–Trinajstić information content (AvgIpc) is 2.25. The van der Waals surface area contributed by atoms with Crippen molar-refractivity contribution in [1.82, 2.24) is 4.90 Å². The molecule has 0 aliphatic heterocycles. The normalized spacial score (nSPS) is 20.9. The van der Waals surface area contributed by atoms with Gasteiger partial charge in [-0.25, -0.2) is 0 Å². The smallest absolute Gasteiger partial charge is 0.334 e. The minimum Gasteiger partial charge on any atom is -0.334 e. The van der Waals surface area contributed by atoms with Gasteiger partial charge in [-0.1, -0.05) is 12.2 Å². The topological polar surface area (TPSA) is 20.3 Å². The van der Waals surface area contributed by atoms with E-state index in [-0.39, 0.29) is 18.4 Å². The fourth-order valence-electron chi connectivity index (χ4n) is 1.84. The summed E-state index contributed by atoms with van der Waals surface area (Å²) in [6, 6.07) is 0. The number of allylic oxidation sites excluding steroid dienone is 2. The van der Waals surface area contributed by atoms with Crippen molar-refractivity contribution in [3.8, 4) is 0 Å². The Morgan fingerprint density at radius 2 is 2.12 bits per heavy atom. The van der Waals surface area contributed by atoms with Gasteiger partial charge in [0, 0.05) is 12.5 Å². The van der Waals surface area contributed by atoms with E-state index in [0.29, 0.717) is 12.8 Å². The highest BCUT2D eigenvalue weighted by Crippen LogP contribution is 2.23. The van der Waals surface area contributed by atoms with Gasteiger partial charge in [0.1, 0.15) is 6.54 Å². The molecule has 0 unspecified atom stereocenters. The van der Waals surface area contributed by atoms with Gasteiger partial charge >= 0.3 is 6.18 Å². The molecule has 2 nitrogen and oxygen atoms in total. The Balaban J connectivity index is 2.58. The lowest BCUT2D eigenvalue weighted by Gasteiger charge is -2.27. The molecule has 1 aliphatic rings. The van der Waals surface area contributed by atoms with Crippen molar-refractivity contribution in [2.75, 3.05) is 13.1 Å². The molecule has 0 heterocycles. The highest BCUT2D eigenvalue weighted by molar-refractivity contribution is 5.79. The molecule has 0 saturated heterocycles. The predicted octanol–water partition coefficient (Wildman–Crippen LogP) is 2.75. The number of nitrogens with zero attached hydrogens (tertiary/aromatic N) is 1. The Hall–Kier alpha value is -1.00.